The summed E-state index contributed by atoms with van der Waals surface area (Å²) < 4.78 is 1.97. The summed E-state index contributed by atoms with van der Waals surface area (Å²) in [5.41, 5.74) is 1.77. The lowest BCUT2D eigenvalue weighted by Gasteiger charge is -2.17. The van der Waals surface area contributed by atoms with E-state index in [1.54, 1.807) is 17.4 Å². The van der Waals surface area contributed by atoms with Gasteiger partial charge in [-0.15, -0.1) is 28.1 Å². The monoisotopic (exact) mass is 401 g/mol. The number of amides is 1. The summed E-state index contributed by atoms with van der Waals surface area (Å²) in [4.78, 5) is 13.7. The van der Waals surface area contributed by atoms with Crippen molar-refractivity contribution < 1.29 is 4.79 Å². The van der Waals surface area contributed by atoms with Gasteiger partial charge in [0, 0.05) is 17.8 Å². The Kier molecular flexibility index (Phi) is 6.34. The second kappa shape index (κ2) is 8.72. The molecule has 0 spiro atoms. The zero-order valence-corrected chi connectivity index (χ0v) is 17.3. The van der Waals surface area contributed by atoms with Crippen LogP contribution in [0, 0.1) is 17.2 Å². The van der Waals surface area contributed by atoms with Gasteiger partial charge in [0.05, 0.1) is 11.3 Å². The maximum Gasteiger partial charge on any atom is 0.235 e. The highest BCUT2D eigenvalue weighted by molar-refractivity contribution is 7.99. The lowest BCUT2D eigenvalue weighted by molar-refractivity contribution is -0.113. The highest BCUT2D eigenvalue weighted by atomic mass is 32.2. The van der Waals surface area contributed by atoms with E-state index in [-0.39, 0.29) is 11.7 Å². The van der Waals surface area contributed by atoms with Gasteiger partial charge in [-0.3, -0.25) is 4.79 Å². The number of nitriles is 1. The molecule has 0 radical (unpaired) electrons. The van der Waals surface area contributed by atoms with E-state index < -0.39 is 0 Å². The van der Waals surface area contributed by atoms with E-state index in [4.69, 9.17) is 0 Å². The molecule has 142 valence electrons. The summed E-state index contributed by atoms with van der Waals surface area (Å²) in [5.74, 6) is 1.60. The lowest BCUT2D eigenvalue weighted by atomic mass is 9.89. The maximum atomic E-state index is 12.5. The summed E-state index contributed by atoms with van der Waals surface area (Å²) in [7, 11) is 0. The Bertz CT molecular complexity index is 893. The minimum Gasteiger partial charge on any atom is -0.316 e. The SMILES string of the molecule is C=CCn1c(CC)nnc1SCC(=O)Nc1sc2c(c1C#N)CCC(C)C2. The van der Waals surface area contributed by atoms with Crippen molar-refractivity contribution in [3.8, 4) is 6.07 Å². The number of carbonyl (C=O) groups excluding carboxylic acids is 1. The third kappa shape index (κ3) is 4.25. The predicted molar refractivity (Wildman–Crippen MR) is 109 cm³/mol. The molecular formula is C19H23N5OS2. The normalized spacial score (nSPS) is 15.8. The van der Waals surface area contributed by atoms with Gasteiger partial charge in [-0.25, -0.2) is 0 Å². The smallest absolute Gasteiger partial charge is 0.235 e. The third-order valence-corrected chi connectivity index (χ3v) is 6.77. The van der Waals surface area contributed by atoms with Crippen molar-refractivity contribution >= 4 is 34.0 Å². The number of thioether (sulfide) groups is 1. The molecule has 0 fully saturated rings. The van der Waals surface area contributed by atoms with Crippen LogP contribution in [0.15, 0.2) is 17.8 Å². The van der Waals surface area contributed by atoms with E-state index in [1.807, 2.05) is 11.5 Å². The molecule has 1 atom stereocenters. The maximum absolute atomic E-state index is 12.5. The Morgan fingerprint density at radius 1 is 1.56 bits per heavy atom. The van der Waals surface area contributed by atoms with E-state index in [0.29, 0.717) is 28.2 Å². The van der Waals surface area contributed by atoms with Crippen LogP contribution in [0.3, 0.4) is 0 Å². The Labute approximate surface area is 167 Å². The molecule has 0 saturated carbocycles. The summed E-state index contributed by atoms with van der Waals surface area (Å²) in [6.07, 6.45) is 5.58. The van der Waals surface area contributed by atoms with Gasteiger partial charge in [0.1, 0.15) is 16.9 Å². The molecule has 0 bridgehead atoms. The van der Waals surface area contributed by atoms with E-state index >= 15 is 0 Å². The average Bonchev–Trinajstić information content (AvgIpc) is 3.19. The molecule has 8 heteroatoms. The van der Waals surface area contributed by atoms with Crippen LogP contribution in [0.5, 0.6) is 0 Å². The number of thiophene rings is 1. The molecule has 1 N–H and O–H groups in total. The number of fused-ring (bicyclic) bond motifs is 1. The van der Waals surface area contributed by atoms with Crippen LogP contribution in [0.1, 0.15) is 42.1 Å². The zero-order valence-electron chi connectivity index (χ0n) is 15.6. The first-order valence-electron chi connectivity index (χ1n) is 9.07. The summed E-state index contributed by atoms with van der Waals surface area (Å²) in [6.45, 7) is 8.64. The average molecular weight is 402 g/mol. The minimum absolute atomic E-state index is 0.130. The molecule has 3 rings (SSSR count). The van der Waals surface area contributed by atoms with Crippen molar-refractivity contribution in [1.82, 2.24) is 14.8 Å². The molecule has 1 amide bonds. The van der Waals surface area contributed by atoms with Crippen molar-refractivity contribution in [3.05, 3.63) is 34.5 Å². The number of allylic oxidation sites excluding steroid dienone is 1. The predicted octanol–water partition coefficient (Wildman–Crippen LogP) is 3.82. The number of aromatic nitrogens is 3. The van der Waals surface area contributed by atoms with E-state index in [1.165, 1.54) is 16.6 Å². The fourth-order valence-electron chi connectivity index (χ4n) is 3.25. The molecule has 1 aliphatic carbocycles. The molecule has 2 aromatic heterocycles. The molecule has 2 aromatic rings. The molecule has 1 aliphatic rings. The Morgan fingerprint density at radius 2 is 2.37 bits per heavy atom. The fraction of sp³-hybridized carbons (Fsp3) is 0.474. The highest BCUT2D eigenvalue weighted by Gasteiger charge is 2.24. The van der Waals surface area contributed by atoms with Gasteiger partial charge >= 0.3 is 0 Å². The third-order valence-electron chi connectivity index (χ3n) is 4.63. The molecule has 27 heavy (non-hydrogen) atoms. The van der Waals surface area contributed by atoms with Crippen LogP contribution in [0.4, 0.5) is 5.00 Å². The van der Waals surface area contributed by atoms with Gasteiger partial charge in [-0.1, -0.05) is 31.7 Å². The van der Waals surface area contributed by atoms with Crippen molar-refractivity contribution in [3.63, 3.8) is 0 Å². The number of rotatable bonds is 7. The number of anilines is 1. The van der Waals surface area contributed by atoms with Gasteiger partial charge in [0.25, 0.3) is 0 Å². The Balaban J connectivity index is 1.68. The number of hydrogen-bond acceptors (Lipinski definition) is 6. The van der Waals surface area contributed by atoms with E-state index in [0.717, 1.165) is 37.1 Å². The number of nitrogens with one attached hydrogen (secondary N) is 1. The quantitative estimate of drug-likeness (QED) is 0.563. The highest BCUT2D eigenvalue weighted by Crippen LogP contribution is 2.39. The van der Waals surface area contributed by atoms with Crippen molar-refractivity contribution in [1.29, 1.82) is 5.26 Å². The first-order chi connectivity index (χ1) is 13.1. The van der Waals surface area contributed by atoms with Gasteiger partial charge in [-0.05, 0) is 30.7 Å². The summed E-state index contributed by atoms with van der Waals surface area (Å²) >= 11 is 2.90. The van der Waals surface area contributed by atoms with Crippen LogP contribution in [0.25, 0.3) is 0 Å². The Hall–Kier alpha value is -2.11. The second-order valence-corrected chi connectivity index (χ2v) is 8.70. The van der Waals surface area contributed by atoms with Crippen LogP contribution in [-0.4, -0.2) is 26.4 Å². The largest absolute Gasteiger partial charge is 0.316 e. The molecular weight excluding hydrogens is 378 g/mol. The van der Waals surface area contributed by atoms with E-state index in [9.17, 15) is 10.1 Å². The molecule has 0 saturated heterocycles. The van der Waals surface area contributed by atoms with Gasteiger partial charge in [-0.2, -0.15) is 5.26 Å². The van der Waals surface area contributed by atoms with Crippen LogP contribution in [-0.2, 0) is 30.6 Å². The standard InChI is InChI=1S/C19H23N5OS2/c1-4-8-24-16(5-2)22-23-19(24)26-11-17(25)21-18-14(10-20)13-7-6-12(3)9-15(13)27-18/h4,12H,1,5-9,11H2,2-3H3,(H,21,25). The summed E-state index contributed by atoms with van der Waals surface area (Å²) in [5, 5.41) is 22.2. The van der Waals surface area contributed by atoms with Crippen LogP contribution < -0.4 is 5.32 Å². The lowest BCUT2D eigenvalue weighted by Crippen LogP contribution is -2.15. The van der Waals surface area contributed by atoms with E-state index in [2.05, 4.69) is 35.1 Å². The molecule has 2 heterocycles. The van der Waals surface area contributed by atoms with Crippen LogP contribution in [0.2, 0.25) is 0 Å². The molecule has 0 aliphatic heterocycles. The minimum atomic E-state index is -0.130. The molecule has 1 unspecified atom stereocenters. The number of hydrogen-bond donors (Lipinski definition) is 1. The topological polar surface area (TPSA) is 83.6 Å². The first-order valence-corrected chi connectivity index (χ1v) is 10.9. The number of carbonyl (C=O) groups is 1. The van der Waals surface area contributed by atoms with Gasteiger partial charge < -0.3 is 9.88 Å². The van der Waals surface area contributed by atoms with Gasteiger partial charge in [0.2, 0.25) is 5.91 Å². The first kappa shape index (κ1) is 19.6. The van der Waals surface area contributed by atoms with Crippen molar-refractivity contribution in [2.24, 2.45) is 5.92 Å². The summed E-state index contributed by atoms with van der Waals surface area (Å²) in [6, 6.07) is 2.29. The molecule has 6 nitrogen and oxygen atoms in total. The van der Waals surface area contributed by atoms with Crippen LogP contribution >= 0.6 is 23.1 Å². The zero-order chi connectivity index (χ0) is 19.4. The fourth-order valence-corrected chi connectivity index (χ4v) is 5.39. The molecule has 0 aromatic carbocycles. The van der Waals surface area contributed by atoms with Crippen molar-refractivity contribution in [2.75, 3.05) is 11.1 Å². The van der Waals surface area contributed by atoms with Gasteiger partial charge in [0.15, 0.2) is 5.16 Å². The number of aryl methyl sites for hydroxylation is 1. The second-order valence-electron chi connectivity index (χ2n) is 6.66. The Morgan fingerprint density at radius 3 is 3.07 bits per heavy atom. The van der Waals surface area contributed by atoms with Crippen molar-refractivity contribution in [2.45, 2.75) is 51.2 Å². The number of nitrogens with zero attached hydrogens (tertiary/aromatic N) is 4.